The van der Waals surface area contributed by atoms with Crippen LogP contribution in [0.2, 0.25) is 0 Å². The first-order valence-electron chi connectivity index (χ1n) is 6.72. The van der Waals surface area contributed by atoms with Gasteiger partial charge in [0.2, 0.25) is 0 Å². The van der Waals surface area contributed by atoms with E-state index in [-0.39, 0.29) is 0 Å². The Morgan fingerprint density at radius 2 is 2.15 bits per heavy atom. The summed E-state index contributed by atoms with van der Waals surface area (Å²) in [7, 11) is 2.01. The van der Waals surface area contributed by atoms with Crippen molar-refractivity contribution in [3.8, 4) is 5.75 Å². The van der Waals surface area contributed by atoms with Gasteiger partial charge in [0, 0.05) is 18.0 Å². The summed E-state index contributed by atoms with van der Waals surface area (Å²) in [5.41, 5.74) is 1.16. The third kappa shape index (κ3) is 4.96. The Balaban J connectivity index is 1.73. The molecule has 0 aliphatic heterocycles. The molecule has 108 valence electrons. The zero-order valence-corrected chi connectivity index (χ0v) is 12.8. The van der Waals surface area contributed by atoms with Crippen LogP contribution in [0.4, 0.5) is 0 Å². The molecule has 1 atom stereocenters. The van der Waals surface area contributed by atoms with Crippen LogP contribution in [0.5, 0.6) is 5.75 Å². The molecule has 1 N–H and O–H groups in total. The molecule has 0 unspecified atom stereocenters. The van der Waals surface area contributed by atoms with E-state index in [0.717, 1.165) is 17.9 Å². The highest BCUT2D eigenvalue weighted by Crippen LogP contribution is 2.13. The average molecular weight is 291 g/mol. The molecule has 2 rings (SSSR count). The number of hydrogen-bond donors (Lipinski definition) is 1. The summed E-state index contributed by atoms with van der Waals surface area (Å²) in [6.07, 6.45) is -0.486. The van der Waals surface area contributed by atoms with E-state index in [0.29, 0.717) is 13.2 Å². The number of aliphatic hydroxyl groups is 1. The monoisotopic (exact) mass is 291 g/mol. The largest absolute Gasteiger partial charge is 0.491 e. The van der Waals surface area contributed by atoms with Crippen LogP contribution < -0.4 is 4.74 Å². The Morgan fingerprint density at radius 1 is 1.30 bits per heavy atom. The predicted octanol–water partition coefficient (Wildman–Crippen LogP) is 2.93. The molecule has 1 aromatic carbocycles. The maximum atomic E-state index is 10.0. The summed E-state index contributed by atoms with van der Waals surface area (Å²) in [6, 6.07) is 12.0. The maximum absolute atomic E-state index is 10.0. The minimum Gasteiger partial charge on any atom is -0.491 e. The second-order valence-electron chi connectivity index (χ2n) is 5.06. The van der Waals surface area contributed by atoms with Gasteiger partial charge in [-0.3, -0.25) is 4.90 Å². The number of ether oxygens (including phenoxy) is 1. The normalized spacial score (nSPS) is 12.6. The van der Waals surface area contributed by atoms with Crippen molar-refractivity contribution in [2.75, 3.05) is 20.2 Å². The number of benzene rings is 1. The number of aliphatic hydroxyl groups excluding tert-OH is 1. The Kier molecular flexibility index (Phi) is 5.59. The highest BCUT2D eigenvalue weighted by molar-refractivity contribution is 7.09. The Hall–Kier alpha value is -1.36. The van der Waals surface area contributed by atoms with Crippen molar-refractivity contribution in [1.82, 2.24) is 4.90 Å². The van der Waals surface area contributed by atoms with Crippen molar-refractivity contribution in [3.63, 3.8) is 0 Å². The molecule has 20 heavy (non-hydrogen) atoms. The molecule has 0 spiro atoms. The van der Waals surface area contributed by atoms with E-state index in [4.69, 9.17) is 4.74 Å². The van der Waals surface area contributed by atoms with E-state index in [2.05, 4.69) is 16.3 Å². The summed E-state index contributed by atoms with van der Waals surface area (Å²) in [4.78, 5) is 3.41. The molecule has 0 bridgehead atoms. The third-order valence-electron chi connectivity index (χ3n) is 2.96. The number of nitrogens with zero attached hydrogens (tertiary/aromatic N) is 1. The first-order chi connectivity index (χ1) is 9.63. The molecule has 0 aliphatic rings. The van der Waals surface area contributed by atoms with Gasteiger partial charge in [-0.25, -0.2) is 0 Å². The fourth-order valence-electron chi connectivity index (χ4n) is 2.04. The molecule has 0 radical (unpaired) electrons. The lowest BCUT2D eigenvalue weighted by Gasteiger charge is -2.20. The molecule has 0 fully saturated rings. The minimum absolute atomic E-state index is 0.318. The zero-order chi connectivity index (χ0) is 14.4. The molecule has 3 nitrogen and oxygen atoms in total. The molecule has 1 heterocycles. The first-order valence-corrected chi connectivity index (χ1v) is 7.60. The van der Waals surface area contributed by atoms with E-state index in [1.54, 1.807) is 11.3 Å². The maximum Gasteiger partial charge on any atom is 0.119 e. The number of likely N-dealkylation sites (N-methyl/N-ethyl adjacent to an activating group) is 1. The van der Waals surface area contributed by atoms with Crippen LogP contribution in [-0.2, 0) is 6.54 Å². The average Bonchev–Trinajstić information content (AvgIpc) is 2.89. The Morgan fingerprint density at radius 3 is 2.85 bits per heavy atom. The second kappa shape index (κ2) is 7.43. The third-order valence-corrected chi connectivity index (χ3v) is 3.82. The molecular weight excluding hydrogens is 270 g/mol. The summed E-state index contributed by atoms with van der Waals surface area (Å²) in [6.45, 7) is 3.80. The zero-order valence-electron chi connectivity index (χ0n) is 12.0. The molecule has 0 amide bonds. The lowest BCUT2D eigenvalue weighted by Crippen LogP contribution is -2.32. The summed E-state index contributed by atoms with van der Waals surface area (Å²) < 4.78 is 5.61. The van der Waals surface area contributed by atoms with E-state index in [1.165, 1.54) is 4.88 Å². The van der Waals surface area contributed by atoms with Gasteiger partial charge in [0.15, 0.2) is 0 Å². The molecule has 4 heteroatoms. The van der Waals surface area contributed by atoms with Gasteiger partial charge < -0.3 is 9.84 Å². The number of thiophene rings is 1. The van der Waals surface area contributed by atoms with Gasteiger partial charge in [0.25, 0.3) is 0 Å². The van der Waals surface area contributed by atoms with Crippen LogP contribution in [0.1, 0.15) is 10.4 Å². The Bertz CT molecular complexity index is 513. The quantitative estimate of drug-likeness (QED) is 0.851. The topological polar surface area (TPSA) is 32.7 Å². The molecule has 0 saturated heterocycles. The fraction of sp³-hybridized carbons (Fsp3) is 0.375. The minimum atomic E-state index is -0.486. The first kappa shape index (κ1) is 15.0. The van der Waals surface area contributed by atoms with Gasteiger partial charge in [-0.1, -0.05) is 18.2 Å². The van der Waals surface area contributed by atoms with Crippen LogP contribution in [0.25, 0.3) is 0 Å². The highest BCUT2D eigenvalue weighted by atomic mass is 32.1. The summed E-state index contributed by atoms with van der Waals surface area (Å²) in [5, 5.41) is 12.1. The standard InChI is InChI=1S/C16H21NO2S/c1-13-5-3-6-15(9-13)19-12-14(18)10-17(2)11-16-7-4-8-20-16/h3-9,14,18H,10-12H2,1-2H3/t14-/m0/s1. The van der Waals surface area contributed by atoms with Crippen LogP contribution in [0, 0.1) is 6.92 Å². The van der Waals surface area contributed by atoms with Gasteiger partial charge >= 0.3 is 0 Å². The van der Waals surface area contributed by atoms with Gasteiger partial charge in [-0.15, -0.1) is 11.3 Å². The van der Waals surface area contributed by atoms with E-state index in [9.17, 15) is 5.11 Å². The SMILES string of the molecule is Cc1cccc(OC[C@@H](O)CN(C)Cc2cccs2)c1. The number of aryl methyl sites for hydroxylation is 1. The van der Waals surface area contributed by atoms with Gasteiger partial charge in [0.1, 0.15) is 18.5 Å². The van der Waals surface area contributed by atoms with Gasteiger partial charge in [-0.2, -0.15) is 0 Å². The summed E-state index contributed by atoms with van der Waals surface area (Å²) >= 11 is 1.74. The van der Waals surface area contributed by atoms with Gasteiger partial charge in [0.05, 0.1) is 0 Å². The van der Waals surface area contributed by atoms with Crippen LogP contribution in [-0.4, -0.2) is 36.3 Å². The highest BCUT2D eigenvalue weighted by Gasteiger charge is 2.10. The van der Waals surface area contributed by atoms with Crippen molar-refractivity contribution in [1.29, 1.82) is 0 Å². The molecule has 2 aromatic rings. The number of hydrogen-bond acceptors (Lipinski definition) is 4. The van der Waals surface area contributed by atoms with Crippen molar-refractivity contribution in [3.05, 3.63) is 52.2 Å². The van der Waals surface area contributed by atoms with Gasteiger partial charge in [-0.05, 0) is 43.1 Å². The van der Waals surface area contributed by atoms with Crippen molar-refractivity contribution < 1.29 is 9.84 Å². The number of rotatable bonds is 7. The Labute approximate surface area is 124 Å². The van der Waals surface area contributed by atoms with E-state index >= 15 is 0 Å². The van der Waals surface area contributed by atoms with E-state index in [1.807, 2.05) is 44.3 Å². The molecular formula is C16H21NO2S. The van der Waals surface area contributed by atoms with Crippen LogP contribution in [0.15, 0.2) is 41.8 Å². The van der Waals surface area contributed by atoms with Crippen molar-refractivity contribution in [2.45, 2.75) is 19.6 Å². The van der Waals surface area contributed by atoms with Crippen molar-refractivity contribution in [2.24, 2.45) is 0 Å². The predicted molar refractivity (Wildman–Crippen MR) is 83.3 cm³/mol. The van der Waals surface area contributed by atoms with Crippen LogP contribution >= 0.6 is 11.3 Å². The van der Waals surface area contributed by atoms with Crippen molar-refractivity contribution >= 4 is 11.3 Å². The molecule has 0 saturated carbocycles. The lowest BCUT2D eigenvalue weighted by molar-refractivity contribution is 0.0746. The molecule has 0 aliphatic carbocycles. The smallest absolute Gasteiger partial charge is 0.119 e. The second-order valence-corrected chi connectivity index (χ2v) is 6.09. The van der Waals surface area contributed by atoms with E-state index < -0.39 is 6.10 Å². The summed E-state index contributed by atoms with van der Waals surface area (Å²) in [5.74, 6) is 0.810. The lowest BCUT2D eigenvalue weighted by atomic mass is 10.2. The molecule has 1 aromatic heterocycles. The fourth-order valence-corrected chi connectivity index (χ4v) is 2.83. The van der Waals surface area contributed by atoms with Crippen LogP contribution in [0.3, 0.4) is 0 Å².